The Kier molecular flexibility index (Phi) is 4.74. The quantitative estimate of drug-likeness (QED) is 0.856. The van der Waals surface area contributed by atoms with Gasteiger partial charge in [-0.25, -0.2) is 4.98 Å². The molecular formula is C12H13ClN2OS2. The van der Waals surface area contributed by atoms with Crippen LogP contribution in [0.1, 0.15) is 22.4 Å². The zero-order valence-electron chi connectivity index (χ0n) is 9.90. The minimum atomic E-state index is -0.0825. The van der Waals surface area contributed by atoms with E-state index in [1.54, 1.807) is 11.3 Å². The number of nitrogens with one attached hydrogen (secondary N) is 1. The van der Waals surface area contributed by atoms with E-state index >= 15 is 0 Å². The van der Waals surface area contributed by atoms with Gasteiger partial charge in [-0.15, -0.1) is 34.3 Å². The minimum Gasteiger partial charge on any atom is -0.302 e. The number of nitrogens with zero attached hydrogens (tertiary/aromatic N) is 1. The van der Waals surface area contributed by atoms with E-state index in [9.17, 15) is 4.79 Å². The number of thiazole rings is 1. The molecule has 0 saturated heterocycles. The van der Waals surface area contributed by atoms with Crippen LogP contribution in [0.15, 0.2) is 17.5 Å². The zero-order chi connectivity index (χ0) is 13.0. The van der Waals surface area contributed by atoms with Crippen molar-refractivity contribution in [1.29, 1.82) is 0 Å². The molecule has 0 unspecified atom stereocenters. The monoisotopic (exact) mass is 300 g/mol. The first-order valence-corrected chi connectivity index (χ1v) is 7.76. The average molecular weight is 301 g/mol. The lowest BCUT2D eigenvalue weighted by Crippen LogP contribution is -2.05. The molecule has 3 nitrogen and oxygen atoms in total. The van der Waals surface area contributed by atoms with Crippen molar-refractivity contribution in [3.63, 3.8) is 0 Å². The number of amides is 1. The summed E-state index contributed by atoms with van der Waals surface area (Å²) in [6.07, 6.45) is 1.85. The predicted molar refractivity (Wildman–Crippen MR) is 77.7 cm³/mol. The van der Waals surface area contributed by atoms with Crippen LogP contribution < -0.4 is 5.32 Å². The third kappa shape index (κ3) is 3.80. The van der Waals surface area contributed by atoms with Gasteiger partial charge in [-0.3, -0.25) is 4.79 Å². The number of halogens is 1. The molecule has 0 aliphatic carbocycles. The molecule has 6 heteroatoms. The second-order valence-electron chi connectivity index (χ2n) is 3.83. The molecule has 0 aliphatic heterocycles. The van der Waals surface area contributed by atoms with E-state index in [-0.39, 0.29) is 5.91 Å². The van der Waals surface area contributed by atoms with Crippen LogP contribution in [0.25, 0.3) is 0 Å². The largest absolute Gasteiger partial charge is 0.302 e. The Morgan fingerprint density at radius 1 is 1.39 bits per heavy atom. The fourth-order valence-corrected chi connectivity index (χ4v) is 3.42. The average Bonchev–Trinajstić information content (AvgIpc) is 2.94. The highest BCUT2D eigenvalue weighted by Crippen LogP contribution is 2.21. The lowest BCUT2D eigenvalue weighted by atomic mass is 10.2. The van der Waals surface area contributed by atoms with Crippen molar-refractivity contribution in [1.82, 2.24) is 4.98 Å². The van der Waals surface area contributed by atoms with E-state index in [1.807, 2.05) is 5.38 Å². The Bertz CT molecular complexity index is 536. The summed E-state index contributed by atoms with van der Waals surface area (Å²) in [6, 6.07) is 4.18. The molecule has 2 rings (SSSR count). The molecule has 0 atom stereocenters. The van der Waals surface area contributed by atoms with Crippen molar-refractivity contribution in [2.45, 2.75) is 25.6 Å². The predicted octanol–water partition coefficient (Wildman–Crippen LogP) is 3.69. The van der Waals surface area contributed by atoms with Crippen LogP contribution in [0, 0.1) is 0 Å². The summed E-state index contributed by atoms with van der Waals surface area (Å²) in [5.41, 5.74) is 1.02. The van der Waals surface area contributed by atoms with Gasteiger partial charge in [0.25, 0.3) is 0 Å². The Labute approximate surface area is 119 Å². The highest BCUT2D eigenvalue weighted by molar-refractivity contribution is 7.14. The van der Waals surface area contributed by atoms with Crippen LogP contribution in [0.4, 0.5) is 5.13 Å². The maximum absolute atomic E-state index is 10.9. The van der Waals surface area contributed by atoms with Gasteiger partial charge in [0.05, 0.1) is 11.6 Å². The van der Waals surface area contributed by atoms with Crippen LogP contribution in [0.3, 0.4) is 0 Å². The molecule has 0 spiro atoms. The summed E-state index contributed by atoms with van der Waals surface area (Å²) >= 11 is 8.97. The van der Waals surface area contributed by atoms with Gasteiger partial charge in [0.15, 0.2) is 5.13 Å². The molecular weight excluding hydrogens is 288 g/mol. The van der Waals surface area contributed by atoms with Crippen molar-refractivity contribution in [2.24, 2.45) is 0 Å². The maximum atomic E-state index is 10.9. The second-order valence-corrected chi connectivity index (χ2v) is 6.21. The van der Waals surface area contributed by atoms with E-state index in [4.69, 9.17) is 11.6 Å². The lowest BCUT2D eigenvalue weighted by molar-refractivity contribution is -0.114. The van der Waals surface area contributed by atoms with Crippen LogP contribution in [-0.2, 0) is 23.5 Å². The van der Waals surface area contributed by atoms with Gasteiger partial charge in [0, 0.05) is 22.1 Å². The third-order valence-electron chi connectivity index (χ3n) is 2.31. The summed E-state index contributed by atoms with van der Waals surface area (Å²) in [6.45, 7) is 1.49. The molecule has 0 aliphatic rings. The molecule has 0 saturated carbocycles. The summed E-state index contributed by atoms with van der Waals surface area (Å²) < 4.78 is 0. The molecule has 2 aromatic rings. The molecule has 0 bridgehead atoms. The van der Waals surface area contributed by atoms with E-state index in [0.717, 1.165) is 18.5 Å². The highest BCUT2D eigenvalue weighted by Gasteiger charge is 2.05. The van der Waals surface area contributed by atoms with Gasteiger partial charge in [-0.1, -0.05) is 0 Å². The number of alkyl halides is 1. The molecule has 2 aromatic heterocycles. The number of aryl methyl sites for hydroxylation is 2. The smallest absolute Gasteiger partial charge is 0.223 e. The van der Waals surface area contributed by atoms with Crippen molar-refractivity contribution in [2.75, 3.05) is 5.32 Å². The van der Waals surface area contributed by atoms with Gasteiger partial charge in [-0.05, 0) is 25.0 Å². The number of carbonyl (C=O) groups is 1. The third-order valence-corrected chi connectivity index (χ3v) is 4.71. The first-order valence-electron chi connectivity index (χ1n) is 5.53. The van der Waals surface area contributed by atoms with E-state index in [1.165, 1.54) is 28.0 Å². The van der Waals surface area contributed by atoms with Gasteiger partial charge in [-0.2, -0.15) is 0 Å². The van der Waals surface area contributed by atoms with Crippen LogP contribution in [0.5, 0.6) is 0 Å². The number of thiophene rings is 1. The number of hydrogen-bond donors (Lipinski definition) is 1. The molecule has 2 heterocycles. The Morgan fingerprint density at radius 3 is 2.83 bits per heavy atom. The first kappa shape index (κ1) is 13.5. The topological polar surface area (TPSA) is 42.0 Å². The Hall–Kier alpha value is -0.910. The maximum Gasteiger partial charge on any atom is 0.223 e. The highest BCUT2D eigenvalue weighted by atomic mass is 35.5. The standard InChI is InChI=1S/C12H13ClN2OS2/c1-8(16)14-12-15-9(7-17-12)2-3-10-4-5-11(6-13)18-10/h4-5,7H,2-3,6H2,1H3,(H,14,15,16). The van der Waals surface area contributed by atoms with Gasteiger partial charge in [0.1, 0.15) is 0 Å². The fourth-order valence-electron chi connectivity index (χ4n) is 1.51. The number of aromatic nitrogens is 1. The van der Waals surface area contributed by atoms with Crippen LogP contribution in [-0.4, -0.2) is 10.9 Å². The summed E-state index contributed by atoms with van der Waals surface area (Å²) in [5.74, 6) is 0.495. The molecule has 18 heavy (non-hydrogen) atoms. The molecule has 0 fully saturated rings. The molecule has 1 amide bonds. The number of carbonyl (C=O) groups excluding carboxylic acids is 1. The minimum absolute atomic E-state index is 0.0825. The van der Waals surface area contributed by atoms with E-state index in [0.29, 0.717) is 11.0 Å². The van der Waals surface area contributed by atoms with Gasteiger partial charge < -0.3 is 5.32 Å². The van der Waals surface area contributed by atoms with Gasteiger partial charge >= 0.3 is 0 Å². The normalized spacial score (nSPS) is 10.6. The summed E-state index contributed by atoms with van der Waals surface area (Å²) in [5, 5.41) is 5.35. The lowest BCUT2D eigenvalue weighted by Gasteiger charge is -1.95. The van der Waals surface area contributed by atoms with Crippen LogP contribution >= 0.6 is 34.3 Å². The number of anilines is 1. The van der Waals surface area contributed by atoms with E-state index < -0.39 is 0 Å². The second kappa shape index (κ2) is 6.31. The first-order chi connectivity index (χ1) is 8.67. The summed E-state index contributed by atoms with van der Waals surface area (Å²) in [4.78, 5) is 17.8. The van der Waals surface area contributed by atoms with Crippen LogP contribution in [0.2, 0.25) is 0 Å². The molecule has 0 radical (unpaired) electrons. The molecule has 96 valence electrons. The van der Waals surface area contributed by atoms with E-state index in [2.05, 4.69) is 22.4 Å². The number of rotatable bonds is 5. The van der Waals surface area contributed by atoms with Crippen molar-refractivity contribution in [3.8, 4) is 0 Å². The van der Waals surface area contributed by atoms with Crippen molar-refractivity contribution < 1.29 is 4.79 Å². The van der Waals surface area contributed by atoms with Crippen molar-refractivity contribution in [3.05, 3.63) is 33.0 Å². The SMILES string of the molecule is CC(=O)Nc1nc(CCc2ccc(CCl)s2)cs1. The molecule has 0 aromatic carbocycles. The zero-order valence-corrected chi connectivity index (χ0v) is 12.3. The number of hydrogen-bond acceptors (Lipinski definition) is 4. The fraction of sp³-hybridized carbons (Fsp3) is 0.333. The van der Waals surface area contributed by atoms with Gasteiger partial charge in [0.2, 0.25) is 5.91 Å². The Morgan fingerprint density at radius 2 is 2.17 bits per heavy atom. The summed E-state index contributed by atoms with van der Waals surface area (Å²) in [7, 11) is 0. The Balaban J connectivity index is 1.89. The molecule has 1 N–H and O–H groups in total. The van der Waals surface area contributed by atoms with Crippen molar-refractivity contribution >= 4 is 45.3 Å².